The molecule has 136 valence electrons. The van der Waals surface area contributed by atoms with E-state index in [0.29, 0.717) is 32.3 Å². The number of rotatable bonds is 4. The second-order valence-corrected chi connectivity index (χ2v) is 7.40. The summed E-state index contributed by atoms with van der Waals surface area (Å²) in [5.41, 5.74) is 5.42. The van der Waals surface area contributed by atoms with Crippen LogP contribution in [0.4, 0.5) is 0 Å². The molecule has 7 heteroatoms. The van der Waals surface area contributed by atoms with Crippen molar-refractivity contribution in [3.63, 3.8) is 0 Å². The molecule has 0 bridgehead atoms. The van der Waals surface area contributed by atoms with Crippen molar-refractivity contribution in [3.05, 3.63) is 0 Å². The first-order valence-electron chi connectivity index (χ1n) is 9.08. The Bertz CT molecular complexity index is 468. The lowest BCUT2D eigenvalue weighted by atomic mass is 9.90. The Labute approximate surface area is 143 Å². The van der Waals surface area contributed by atoms with Gasteiger partial charge in [0.2, 0.25) is 11.8 Å². The fourth-order valence-corrected chi connectivity index (χ4v) is 4.08. The van der Waals surface area contributed by atoms with Crippen molar-refractivity contribution in [2.45, 2.75) is 63.3 Å². The summed E-state index contributed by atoms with van der Waals surface area (Å²) in [6.45, 7) is 4.36. The molecule has 1 aliphatic carbocycles. The molecule has 2 amide bonds. The number of carbonyl (C=O) groups excluding carboxylic acids is 2. The van der Waals surface area contributed by atoms with E-state index < -0.39 is 5.79 Å². The van der Waals surface area contributed by atoms with E-state index in [-0.39, 0.29) is 23.8 Å². The third-order valence-electron chi connectivity index (χ3n) is 5.69. The summed E-state index contributed by atoms with van der Waals surface area (Å²) in [6.07, 6.45) is 5.15. The minimum atomic E-state index is -0.392. The molecule has 2 saturated heterocycles. The first-order valence-corrected chi connectivity index (χ1v) is 9.08. The van der Waals surface area contributed by atoms with Gasteiger partial charge in [0.05, 0.1) is 25.7 Å². The molecule has 0 aromatic heterocycles. The van der Waals surface area contributed by atoms with Crippen LogP contribution in [0.2, 0.25) is 0 Å². The zero-order valence-electron chi connectivity index (χ0n) is 14.5. The van der Waals surface area contributed by atoms with Crippen LogP contribution < -0.4 is 11.1 Å². The van der Waals surface area contributed by atoms with Crippen LogP contribution in [0.5, 0.6) is 0 Å². The van der Waals surface area contributed by atoms with Crippen LogP contribution in [-0.4, -0.2) is 60.9 Å². The molecule has 1 saturated carbocycles. The zero-order chi connectivity index (χ0) is 17.2. The summed E-state index contributed by atoms with van der Waals surface area (Å²) in [4.78, 5) is 25.9. The summed E-state index contributed by atoms with van der Waals surface area (Å²) in [7, 11) is 0. The fourth-order valence-electron chi connectivity index (χ4n) is 4.08. The van der Waals surface area contributed by atoms with E-state index in [0.717, 1.165) is 38.5 Å². The summed E-state index contributed by atoms with van der Waals surface area (Å²) in [5, 5.41) is 3.13. The highest BCUT2D eigenvalue weighted by atomic mass is 16.7. The van der Waals surface area contributed by atoms with Gasteiger partial charge in [-0.15, -0.1) is 0 Å². The number of primary amides is 1. The van der Waals surface area contributed by atoms with Crippen LogP contribution >= 0.6 is 0 Å². The number of amides is 2. The van der Waals surface area contributed by atoms with Gasteiger partial charge < -0.3 is 20.5 Å². The van der Waals surface area contributed by atoms with Crippen LogP contribution in [0.15, 0.2) is 0 Å². The normalized spacial score (nSPS) is 31.2. The van der Waals surface area contributed by atoms with Gasteiger partial charge in [-0.2, -0.15) is 0 Å². The van der Waals surface area contributed by atoms with Crippen LogP contribution in [0, 0.1) is 5.92 Å². The second-order valence-electron chi connectivity index (χ2n) is 7.40. The first kappa shape index (κ1) is 17.6. The summed E-state index contributed by atoms with van der Waals surface area (Å²) < 4.78 is 11.4. The van der Waals surface area contributed by atoms with Gasteiger partial charge in [-0.3, -0.25) is 14.5 Å². The number of carbonyl (C=O) groups is 2. The highest BCUT2D eigenvalue weighted by molar-refractivity contribution is 5.79. The van der Waals surface area contributed by atoms with Gasteiger partial charge in [0, 0.05) is 31.5 Å². The van der Waals surface area contributed by atoms with Gasteiger partial charge >= 0.3 is 0 Å². The number of piperidine rings is 1. The second kappa shape index (κ2) is 7.37. The highest BCUT2D eigenvalue weighted by Crippen LogP contribution is 2.35. The first-order chi connectivity index (χ1) is 11.5. The van der Waals surface area contributed by atoms with Crippen LogP contribution in [0.1, 0.15) is 45.4 Å². The molecule has 2 aliphatic heterocycles. The van der Waals surface area contributed by atoms with Gasteiger partial charge in [-0.1, -0.05) is 0 Å². The lowest BCUT2D eigenvalue weighted by Crippen LogP contribution is -2.51. The molecule has 7 nitrogen and oxygen atoms in total. The lowest BCUT2D eigenvalue weighted by Gasteiger charge is -2.38. The Hall–Kier alpha value is -1.18. The zero-order valence-corrected chi connectivity index (χ0v) is 14.5. The molecule has 3 fully saturated rings. The number of nitrogens with zero attached hydrogens (tertiary/aromatic N) is 1. The molecule has 3 N–H and O–H groups in total. The molecule has 0 radical (unpaired) electrons. The van der Waals surface area contributed by atoms with Gasteiger partial charge in [-0.25, -0.2) is 0 Å². The number of ether oxygens (including phenoxy) is 2. The smallest absolute Gasteiger partial charge is 0.234 e. The Morgan fingerprint density at radius 2 is 1.83 bits per heavy atom. The van der Waals surface area contributed by atoms with E-state index >= 15 is 0 Å². The Balaban J connectivity index is 1.44. The van der Waals surface area contributed by atoms with Gasteiger partial charge in [-0.05, 0) is 32.6 Å². The molecule has 3 aliphatic rings. The molecule has 0 unspecified atom stereocenters. The Morgan fingerprint density at radius 1 is 1.17 bits per heavy atom. The maximum atomic E-state index is 12.4. The molecular weight excluding hydrogens is 310 g/mol. The third kappa shape index (κ3) is 4.07. The number of nitrogens with two attached hydrogens (primary N) is 1. The quantitative estimate of drug-likeness (QED) is 0.772. The third-order valence-corrected chi connectivity index (χ3v) is 5.69. The lowest BCUT2D eigenvalue weighted by molar-refractivity contribution is -0.180. The van der Waals surface area contributed by atoms with Crippen molar-refractivity contribution in [2.24, 2.45) is 11.7 Å². The molecule has 1 spiro atoms. The topological polar surface area (TPSA) is 93.9 Å². The Morgan fingerprint density at radius 3 is 2.46 bits per heavy atom. The van der Waals surface area contributed by atoms with Crippen LogP contribution in [0.25, 0.3) is 0 Å². The highest BCUT2D eigenvalue weighted by Gasteiger charge is 2.40. The largest absolute Gasteiger partial charge is 0.369 e. The molecule has 3 rings (SSSR count). The fraction of sp³-hybridized carbons (Fsp3) is 0.882. The number of hydrogen-bond donors (Lipinski definition) is 2. The van der Waals surface area contributed by atoms with E-state index in [2.05, 4.69) is 17.1 Å². The predicted octanol–water partition coefficient (Wildman–Crippen LogP) is 0.374. The maximum absolute atomic E-state index is 12.4. The van der Waals surface area contributed by atoms with Crippen LogP contribution in [-0.2, 0) is 19.1 Å². The minimum absolute atomic E-state index is 0.0289. The average molecular weight is 339 g/mol. The van der Waals surface area contributed by atoms with Gasteiger partial charge in [0.1, 0.15) is 0 Å². The van der Waals surface area contributed by atoms with Crippen molar-refractivity contribution in [2.75, 3.05) is 26.3 Å². The average Bonchev–Trinajstić information content (AvgIpc) is 3.00. The van der Waals surface area contributed by atoms with E-state index in [1.807, 2.05) is 0 Å². The summed E-state index contributed by atoms with van der Waals surface area (Å²) >= 11 is 0. The van der Waals surface area contributed by atoms with Crippen molar-refractivity contribution >= 4 is 11.8 Å². The number of likely N-dealkylation sites (tertiary alicyclic amines) is 1. The number of hydrogen-bond acceptors (Lipinski definition) is 5. The van der Waals surface area contributed by atoms with Gasteiger partial charge in [0.25, 0.3) is 0 Å². The van der Waals surface area contributed by atoms with Crippen molar-refractivity contribution in [3.8, 4) is 0 Å². The minimum Gasteiger partial charge on any atom is -0.369 e. The van der Waals surface area contributed by atoms with E-state index in [4.69, 9.17) is 15.2 Å². The Kier molecular flexibility index (Phi) is 5.42. The predicted molar refractivity (Wildman–Crippen MR) is 88.0 cm³/mol. The van der Waals surface area contributed by atoms with Crippen molar-refractivity contribution < 1.29 is 19.1 Å². The number of nitrogens with one attached hydrogen (secondary N) is 1. The van der Waals surface area contributed by atoms with Gasteiger partial charge in [0.15, 0.2) is 5.79 Å². The molecule has 2 atom stereocenters. The van der Waals surface area contributed by atoms with Crippen molar-refractivity contribution in [1.82, 2.24) is 10.2 Å². The molecule has 24 heavy (non-hydrogen) atoms. The molecule has 0 aromatic rings. The molecule has 2 heterocycles. The summed E-state index contributed by atoms with van der Waals surface area (Å²) in [5.74, 6) is -0.764. The van der Waals surface area contributed by atoms with E-state index in [1.165, 1.54) is 0 Å². The van der Waals surface area contributed by atoms with E-state index in [1.54, 1.807) is 0 Å². The van der Waals surface area contributed by atoms with Crippen molar-refractivity contribution in [1.29, 1.82) is 0 Å². The maximum Gasteiger partial charge on any atom is 0.234 e. The standard InChI is InChI=1S/C17H29N3O4/c1-12-2-3-13(16(18)22)10-20(12)11-15(21)19-14-4-6-17(7-5-14)23-8-9-24-17/h12-14H,2-11H2,1H3,(H2,18,22)(H,19,21)/t12-,13-/m1/s1. The summed E-state index contributed by atoms with van der Waals surface area (Å²) in [6, 6.07) is 0.490. The van der Waals surface area contributed by atoms with E-state index in [9.17, 15) is 9.59 Å². The molecule has 0 aromatic carbocycles. The van der Waals surface area contributed by atoms with Crippen LogP contribution in [0.3, 0.4) is 0 Å². The molecular formula is C17H29N3O4. The monoisotopic (exact) mass is 339 g/mol. The SMILES string of the molecule is C[C@@H]1CC[C@@H](C(N)=O)CN1CC(=O)NC1CCC2(CC1)OCCO2.